The van der Waals surface area contributed by atoms with Crippen LogP contribution in [0.3, 0.4) is 0 Å². The van der Waals surface area contributed by atoms with E-state index in [1.54, 1.807) is 0 Å². The van der Waals surface area contributed by atoms with Crippen molar-refractivity contribution in [3.05, 3.63) is 23.0 Å². The average Bonchev–Trinajstić information content (AvgIpc) is 2.58. The van der Waals surface area contributed by atoms with Gasteiger partial charge in [0.15, 0.2) is 0 Å². The monoisotopic (exact) mass is 206 g/mol. The minimum atomic E-state index is -0.0903. The first kappa shape index (κ1) is 10.5. The Morgan fingerprint density at radius 2 is 2.00 bits per heavy atom. The highest BCUT2D eigenvalue weighted by molar-refractivity contribution is 5.94. The fourth-order valence-corrected chi connectivity index (χ4v) is 2.23. The number of rotatable bonds is 3. The molecule has 2 heteroatoms. The van der Waals surface area contributed by atoms with Gasteiger partial charge in [0.2, 0.25) is 0 Å². The lowest BCUT2D eigenvalue weighted by molar-refractivity contribution is -0.133. The van der Waals surface area contributed by atoms with E-state index < -0.39 is 0 Å². The predicted molar refractivity (Wildman–Crippen MR) is 59.2 cm³/mol. The summed E-state index contributed by atoms with van der Waals surface area (Å²) < 4.78 is 5.30. The quantitative estimate of drug-likeness (QED) is 0.522. The summed E-state index contributed by atoms with van der Waals surface area (Å²) in [7, 11) is 0. The summed E-state index contributed by atoms with van der Waals surface area (Å²) in [6.07, 6.45) is 9.74. The van der Waals surface area contributed by atoms with Gasteiger partial charge in [-0.1, -0.05) is 13.3 Å². The highest BCUT2D eigenvalue weighted by atomic mass is 16.5. The van der Waals surface area contributed by atoms with Crippen molar-refractivity contribution in [3.8, 4) is 0 Å². The second-order valence-corrected chi connectivity index (χ2v) is 4.26. The first-order chi connectivity index (χ1) is 7.33. The van der Waals surface area contributed by atoms with Gasteiger partial charge in [0.05, 0.1) is 0 Å². The molecule has 0 amide bonds. The van der Waals surface area contributed by atoms with E-state index in [9.17, 15) is 4.79 Å². The van der Waals surface area contributed by atoms with Crippen LogP contribution in [-0.4, -0.2) is 5.97 Å². The molecule has 0 radical (unpaired) electrons. The van der Waals surface area contributed by atoms with Gasteiger partial charge < -0.3 is 4.74 Å². The molecule has 0 fully saturated rings. The number of cyclic esters (lactones) is 1. The molecular formula is C13H18O2. The molecule has 0 unspecified atom stereocenters. The zero-order valence-electron chi connectivity index (χ0n) is 9.34. The Bertz CT molecular complexity index is 323. The summed E-state index contributed by atoms with van der Waals surface area (Å²) in [6.45, 7) is 2.17. The van der Waals surface area contributed by atoms with Crippen molar-refractivity contribution in [2.24, 2.45) is 0 Å². The molecule has 1 aliphatic carbocycles. The maximum absolute atomic E-state index is 11.5. The summed E-state index contributed by atoms with van der Waals surface area (Å²) in [5.74, 6) is 0.774. The molecule has 0 N–H and O–H groups in total. The molecule has 1 aliphatic heterocycles. The molecule has 0 bridgehead atoms. The third-order valence-corrected chi connectivity index (χ3v) is 3.10. The van der Waals surface area contributed by atoms with E-state index in [-0.39, 0.29) is 5.97 Å². The second kappa shape index (κ2) is 4.65. The van der Waals surface area contributed by atoms with Crippen molar-refractivity contribution in [1.82, 2.24) is 0 Å². The Balaban J connectivity index is 2.11. The van der Waals surface area contributed by atoms with E-state index in [1.807, 2.05) is 0 Å². The summed E-state index contributed by atoms with van der Waals surface area (Å²) in [4.78, 5) is 11.5. The highest BCUT2D eigenvalue weighted by Crippen LogP contribution is 2.36. The van der Waals surface area contributed by atoms with Gasteiger partial charge in [-0.3, -0.25) is 0 Å². The molecule has 0 aromatic heterocycles. The number of allylic oxidation sites excluding steroid dienone is 2. The van der Waals surface area contributed by atoms with Crippen LogP contribution in [0.15, 0.2) is 23.0 Å². The van der Waals surface area contributed by atoms with E-state index >= 15 is 0 Å². The zero-order chi connectivity index (χ0) is 10.7. The largest absolute Gasteiger partial charge is 0.423 e. The van der Waals surface area contributed by atoms with Crippen molar-refractivity contribution in [1.29, 1.82) is 0 Å². The van der Waals surface area contributed by atoms with Crippen molar-refractivity contribution in [3.63, 3.8) is 0 Å². The summed E-state index contributed by atoms with van der Waals surface area (Å²) in [5.41, 5.74) is 2.14. The van der Waals surface area contributed by atoms with E-state index in [0.717, 1.165) is 37.0 Å². The maximum atomic E-state index is 11.5. The van der Waals surface area contributed by atoms with E-state index in [2.05, 4.69) is 13.0 Å². The van der Waals surface area contributed by atoms with Gasteiger partial charge in [-0.15, -0.1) is 0 Å². The smallest absolute Gasteiger partial charge is 0.339 e. The molecule has 0 atom stereocenters. The van der Waals surface area contributed by atoms with Crippen molar-refractivity contribution in [2.45, 2.75) is 51.9 Å². The zero-order valence-corrected chi connectivity index (χ0v) is 9.34. The minimum absolute atomic E-state index is 0.0903. The van der Waals surface area contributed by atoms with Crippen molar-refractivity contribution >= 4 is 5.97 Å². The number of unbranched alkanes of at least 4 members (excludes halogenated alkanes) is 2. The molecule has 0 aromatic rings. The number of hydrogen-bond donors (Lipinski definition) is 0. The van der Waals surface area contributed by atoms with Gasteiger partial charge in [0, 0.05) is 11.1 Å². The Labute approximate surface area is 91.0 Å². The van der Waals surface area contributed by atoms with Crippen LogP contribution < -0.4 is 0 Å². The van der Waals surface area contributed by atoms with Crippen LogP contribution in [0.4, 0.5) is 0 Å². The molecule has 82 valence electrons. The third kappa shape index (κ3) is 2.14. The van der Waals surface area contributed by atoms with Crippen LogP contribution in [0.1, 0.15) is 51.9 Å². The topological polar surface area (TPSA) is 26.3 Å². The summed E-state index contributed by atoms with van der Waals surface area (Å²) >= 11 is 0. The van der Waals surface area contributed by atoms with Crippen molar-refractivity contribution < 1.29 is 9.53 Å². The molecule has 2 rings (SSSR count). The molecule has 2 aliphatic rings. The number of hydrogen-bond acceptors (Lipinski definition) is 2. The van der Waals surface area contributed by atoms with E-state index in [4.69, 9.17) is 4.74 Å². The second-order valence-electron chi connectivity index (χ2n) is 4.26. The first-order valence-electron chi connectivity index (χ1n) is 5.97. The predicted octanol–water partition coefficient (Wildman–Crippen LogP) is 3.49. The summed E-state index contributed by atoms with van der Waals surface area (Å²) in [5, 5.41) is 0. The average molecular weight is 206 g/mol. The molecule has 0 saturated carbocycles. The van der Waals surface area contributed by atoms with Gasteiger partial charge in [-0.05, 0) is 44.6 Å². The summed E-state index contributed by atoms with van der Waals surface area (Å²) in [6, 6.07) is 0. The van der Waals surface area contributed by atoms with Crippen LogP contribution in [-0.2, 0) is 9.53 Å². The van der Waals surface area contributed by atoms with Crippen LogP contribution in [0.5, 0.6) is 0 Å². The Morgan fingerprint density at radius 3 is 2.73 bits per heavy atom. The number of ether oxygens (including phenoxy) is 1. The number of esters is 1. The van der Waals surface area contributed by atoms with Crippen LogP contribution in [0, 0.1) is 0 Å². The lowest BCUT2D eigenvalue weighted by Gasteiger charge is -2.10. The molecule has 0 saturated heterocycles. The molecule has 15 heavy (non-hydrogen) atoms. The Kier molecular flexibility index (Phi) is 3.24. The molecular weight excluding hydrogens is 188 g/mol. The van der Waals surface area contributed by atoms with Gasteiger partial charge in [0.1, 0.15) is 5.76 Å². The minimum Gasteiger partial charge on any atom is -0.423 e. The van der Waals surface area contributed by atoms with Crippen molar-refractivity contribution in [2.75, 3.05) is 0 Å². The fraction of sp³-hybridized carbons (Fsp3) is 0.615. The van der Waals surface area contributed by atoms with Crippen LogP contribution in [0.25, 0.3) is 0 Å². The van der Waals surface area contributed by atoms with E-state index in [1.165, 1.54) is 24.8 Å². The molecule has 2 nitrogen and oxygen atoms in total. The molecule has 0 spiro atoms. The Hall–Kier alpha value is -1.05. The van der Waals surface area contributed by atoms with Gasteiger partial charge in [-0.25, -0.2) is 4.79 Å². The fourth-order valence-electron chi connectivity index (χ4n) is 2.23. The third-order valence-electron chi connectivity index (χ3n) is 3.10. The normalized spacial score (nSPS) is 23.3. The van der Waals surface area contributed by atoms with Gasteiger partial charge >= 0.3 is 5.97 Å². The van der Waals surface area contributed by atoms with Gasteiger partial charge in [-0.2, -0.15) is 0 Å². The molecule has 1 heterocycles. The van der Waals surface area contributed by atoms with Gasteiger partial charge in [0.25, 0.3) is 0 Å². The number of carbonyl (C=O) groups is 1. The highest BCUT2D eigenvalue weighted by Gasteiger charge is 2.30. The lowest BCUT2D eigenvalue weighted by atomic mass is 9.92. The molecule has 0 aromatic carbocycles. The van der Waals surface area contributed by atoms with Crippen LogP contribution >= 0.6 is 0 Å². The van der Waals surface area contributed by atoms with Crippen LogP contribution in [0.2, 0.25) is 0 Å². The Morgan fingerprint density at radius 1 is 1.27 bits per heavy atom. The first-order valence-corrected chi connectivity index (χ1v) is 5.97. The lowest BCUT2D eigenvalue weighted by Crippen LogP contribution is -2.01. The maximum Gasteiger partial charge on any atom is 0.339 e. The SMILES string of the molecule is CCCC/C=C1\OC(=O)C2=C1CCCC2. The standard InChI is InChI=1S/C13H18O2/c1-2-3-4-9-12-10-7-5-6-8-11(10)13(14)15-12/h9H,2-8H2,1H3/b12-9-. The number of carbonyl (C=O) groups excluding carboxylic acids is 1. The van der Waals surface area contributed by atoms with E-state index in [0.29, 0.717) is 0 Å².